The molecule has 0 aromatic heterocycles. The molecule has 2 heteroatoms. The number of aliphatic hydroxyl groups is 1. The zero-order valence-corrected chi connectivity index (χ0v) is 7.75. The van der Waals surface area contributed by atoms with Gasteiger partial charge in [0.15, 0.2) is 0 Å². The van der Waals surface area contributed by atoms with Crippen LogP contribution in [0.2, 0.25) is 0 Å². The lowest BCUT2D eigenvalue weighted by molar-refractivity contribution is 0.0691. The van der Waals surface area contributed by atoms with Gasteiger partial charge in [-0.2, -0.15) is 0 Å². The normalized spacial score (nSPS) is 23.7. The van der Waals surface area contributed by atoms with Gasteiger partial charge in [0, 0.05) is 12.1 Å². The maximum absolute atomic E-state index is 9.36. The number of aliphatic hydroxyl groups excluding tert-OH is 1. The number of nitrogens with zero attached hydrogens (tertiary/aromatic N) is 1. The van der Waals surface area contributed by atoms with Crippen LogP contribution in [0.4, 0.5) is 0 Å². The molecule has 11 heavy (non-hydrogen) atoms. The van der Waals surface area contributed by atoms with Crippen LogP contribution in [0, 0.1) is 0 Å². The van der Waals surface area contributed by atoms with Gasteiger partial charge in [-0.05, 0) is 33.2 Å². The summed E-state index contributed by atoms with van der Waals surface area (Å²) in [5.41, 5.74) is 0. The van der Waals surface area contributed by atoms with Crippen LogP contribution in [0.3, 0.4) is 0 Å². The molecule has 0 spiro atoms. The number of rotatable bonds is 4. The molecule has 1 aliphatic rings. The first kappa shape index (κ1) is 9.01. The first-order valence-electron chi connectivity index (χ1n) is 4.60. The molecule has 0 saturated heterocycles. The summed E-state index contributed by atoms with van der Waals surface area (Å²) in [5.74, 6) is 0. The molecular weight excluding hydrogens is 138 g/mol. The van der Waals surface area contributed by atoms with Crippen LogP contribution in [-0.2, 0) is 0 Å². The van der Waals surface area contributed by atoms with E-state index >= 15 is 0 Å². The SMILES string of the molecule is CCN(C1CC1)C(C)C(C)O. The second-order valence-electron chi connectivity index (χ2n) is 3.54. The van der Waals surface area contributed by atoms with Gasteiger partial charge >= 0.3 is 0 Å². The fraction of sp³-hybridized carbons (Fsp3) is 1.00. The Morgan fingerprint density at radius 2 is 2.00 bits per heavy atom. The van der Waals surface area contributed by atoms with E-state index in [4.69, 9.17) is 0 Å². The Bertz CT molecular complexity index is 121. The number of hydrogen-bond acceptors (Lipinski definition) is 2. The van der Waals surface area contributed by atoms with Gasteiger partial charge in [-0.15, -0.1) is 0 Å². The molecule has 2 nitrogen and oxygen atoms in total. The van der Waals surface area contributed by atoms with E-state index in [9.17, 15) is 5.11 Å². The zero-order valence-electron chi connectivity index (χ0n) is 7.75. The fourth-order valence-corrected chi connectivity index (χ4v) is 1.56. The number of hydrogen-bond donors (Lipinski definition) is 1. The summed E-state index contributed by atoms with van der Waals surface area (Å²) < 4.78 is 0. The summed E-state index contributed by atoms with van der Waals surface area (Å²) in [6.07, 6.45) is 2.45. The minimum absolute atomic E-state index is 0.199. The summed E-state index contributed by atoms with van der Waals surface area (Å²) in [7, 11) is 0. The topological polar surface area (TPSA) is 23.5 Å². The van der Waals surface area contributed by atoms with Crippen molar-refractivity contribution >= 4 is 0 Å². The van der Waals surface area contributed by atoms with Crippen LogP contribution < -0.4 is 0 Å². The maximum atomic E-state index is 9.36. The Morgan fingerprint density at radius 1 is 1.45 bits per heavy atom. The lowest BCUT2D eigenvalue weighted by Crippen LogP contribution is -2.41. The molecule has 2 unspecified atom stereocenters. The van der Waals surface area contributed by atoms with Gasteiger partial charge in [-0.25, -0.2) is 0 Å². The second kappa shape index (κ2) is 3.55. The van der Waals surface area contributed by atoms with Gasteiger partial charge in [0.2, 0.25) is 0 Å². The molecule has 1 N–H and O–H groups in total. The van der Waals surface area contributed by atoms with Crippen molar-refractivity contribution in [1.82, 2.24) is 4.90 Å². The van der Waals surface area contributed by atoms with Crippen LogP contribution in [-0.4, -0.2) is 34.7 Å². The molecule has 0 amide bonds. The smallest absolute Gasteiger partial charge is 0.0664 e. The first-order valence-corrected chi connectivity index (χ1v) is 4.60. The fourth-order valence-electron chi connectivity index (χ4n) is 1.56. The molecule has 1 aliphatic carbocycles. The Morgan fingerprint density at radius 3 is 2.27 bits per heavy atom. The van der Waals surface area contributed by atoms with Gasteiger partial charge in [-0.3, -0.25) is 4.90 Å². The highest BCUT2D eigenvalue weighted by Crippen LogP contribution is 2.28. The molecular formula is C9H19NO. The average molecular weight is 157 g/mol. The van der Waals surface area contributed by atoms with Crippen LogP contribution in [0.1, 0.15) is 33.6 Å². The molecule has 0 aromatic rings. The molecule has 0 heterocycles. The van der Waals surface area contributed by atoms with Crippen LogP contribution in [0.15, 0.2) is 0 Å². The Hall–Kier alpha value is -0.0800. The third-order valence-electron chi connectivity index (χ3n) is 2.60. The second-order valence-corrected chi connectivity index (χ2v) is 3.54. The van der Waals surface area contributed by atoms with Crippen molar-refractivity contribution in [3.05, 3.63) is 0 Å². The van der Waals surface area contributed by atoms with Gasteiger partial charge in [0.1, 0.15) is 0 Å². The maximum Gasteiger partial charge on any atom is 0.0664 e. The molecule has 1 rings (SSSR count). The summed E-state index contributed by atoms with van der Waals surface area (Å²) in [6, 6.07) is 1.09. The third kappa shape index (κ3) is 2.17. The van der Waals surface area contributed by atoms with E-state index in [1.54, 1.807) is 0 Å². The van der Waals surface area contributed by atoms with Crippen molar-refractivity contribution < 1.29 is 5.11 Å². The monoisotopic (exact) mass is 157 g/mol. The standard InChI is InChI=1S/C9H19NO/c1-4-10(9-5-6-9)7(2)8(3)11/h7-9,11H,4-6H2,1-3H3. The molecule has 1 fully saturated rings. The molecule has 0 bridgehead atoms. The summed E-state index contributed by atoms with van der Waals surface area (Å²) in [5, 5.41) is 9.36. The predicted molar refractivity (Wildman–Crippen MR) is 46.5 cm³/mol. The highest BCUT2D eigenvalue weighted by Gasteiger charge is 2.32. The van der Waals surface area contributed by atoms with E-state index < -0.39 is 0 Å². The Balaban J connectivity index is 2.39. The zero-order chi connectivity index (χ0) is 8.43. The predicted octanol–water partition coefficient (Wildman–Crippen LogP) is 1.24. The van der Waals surface area contributed by atoms with Crippen LogP contribution in [0.25, 0.3) is 0 Å². The number of likely N-dealkylation sites (N-methyl/N-ethyl adjacent to an activating group) is 1. The van der Waals surface area contributed by atoms with Crippen molar-refractivity contribution in [2.45, 2.75) is 51.8 Å². The summed E-state index contributed by atoms with van der Waals surface area (Å²) in [4.78, 5) is 2.39. The van der Waals surface area contributed by atoms with Crippen LogP contribution in [0.5, 0.6) is 0 Å². The van der Waals surface area contributed by atoms with E-state index in [1.165, 1.54) is 12.8 Å². The van der Waals surface area contributed by atoms with E-state index in [2.05, 4.69) is 18.7 Å². The van der Waals surface area contributed by atoms with E-state index in [0.29, 0.717) is 6.04 Å². The van der Waals surface area contributed by atoms with Gasteiger partial charge in [0.05, 0.1) is 6.10 Å². The molecule has 66 valence electrons. The largest absolute Gasteiger partial charge is 0.392 e. The van der Waals surface area contributed by atoms with Gasteiger partial charge in [-0.1, -0.05) is 6.92 Å². The van der Waals surface area contributed by atoms with E-state index in [-0.39, 0.29) is 6.10 Å². The Labute approximate surface area is 69.2 Å². The molecule has 0 aliphatic heterocycles. The third-order valence-corrected chi connectivity index (χ3v) is 2.60. The minimum Gasteiger partial charge on any atom is -0.392 e. The van der Waals surface area contributed by atoms with Crippen molar-refractivity contribution in [2.24, 2.45) is 0 Å². The molecule has 0 aromatic carbocycles. The van der Waals surface area contributed by atoms with Crippen molar-refractivity contribution in [1.29, 1.82) is 0 Å². The van der Waals surface area contributed by atoms with E-state index in [0.717, 1.165) is 12.6 Å². The lowest BCUT2D eigenvalue weighted by Gasteiger charge is -2.29. The Kier molecular flexibility index (Phi) is 2.90. The average Bonchev–Trinajstić information content (AvgIpc) is 2.72. The van der Waals surface area contributed by atoms with Crippen molar-refractivity contribution in [2.75, 3.05) is 6.54 Å². The molecule has 2 atom stereocenters. The highest BCUT2D eigenvalue weighted by molar-refractivity contribution is 4.88. The quantitative estimate of drug-likeness (QED) is 0.663. The molecule has 1 saturated carbocycles. The van der Waals surface area contributed by atoms with Crippen molar-refractivity contribution in [3.63, 3.8) is 0 Å². The molecule has 0 radical (unpaired) electrons. The van der Waals surface area contributed by atoms with Crippen LogP contribution >= 0.6 is 0 Å². The lowest BCUT2D eigenvalue weighted by atomic mass is 10.2. The summed E-state index contributed by atoms with van der Waals surface area (Å²) in [6.45, 7) is 7.20. The summed E-state index contributed by atoms with van der Waals surface area (Å²) >= 11 is 0. The van der Waals surface area contributed by atoms with Gasteiger partial charge < -0.3 is 5.11 Å². The first-order chi connectivity index (χ1) is 5.16. The van der Waals surface area contributed by atoms with E-state index in [1.807, 2.05) is 6.92 Å². The highest BCUT2D eigenvalue weighted by atomic mass is 16.3. The minimum atomic E-state index is -0.199. The van der Waals surface area contributed by atoms with Crippen molar-refractivity contribution in [3.8, 4) is 0 Å². The van der Waals surface area contributed by atoms with Gasteiger partial charge in [0.25, 0.3) is 0 Å².